The van der Waals surface area contributed by atoms with E-state index in [4.69, 9.17) is 4.74 Å². The first-order valence-electron chi connectivity index (χ1n) is 10.4. The van der Waals surface area contributed by atoms with Crippen molar-refractivity contribution in [3.8, 4) is 11.6 Å². The first kappa shape index (κ1) is 17.0. The number of rotatable bonds is 5. The summed E-state index contributed by atoms with van der Waals surface area (Å²) in [7, 11) is 0. The summed E-state index contributed by atoms with van der Waals surface area (Å²) in [6.45, 7) is 1.86. The molecule has 3 nitrogen and oxygen atoms in total. The van der Waals surface area contributed by atoms with Gasteiger partial charge in [-0.3, -0.25) is 4.79 Å². The average molecular weight is 361 g/mol. The van der Waals surface area contributed by atoms with E-state index in [1.54, 1.807) is 18.3 Å². The Morgan fingerprint density at radius 2 is 1.63 bits per heavy atom. The van der Waals surface area contributed by atoms with Gasteiger partial charge in [-0.2, -0.15) is 0 Å². The van der Waals surface area contributed by atoms with Gasteiger partial charge in [0.1, 0.15) is 5.75 Å². The van der Waals surface area contributed by atoms with Crippen LogP contribution in [0.25, 0.3) is 0 Å². The van der Waals surface area contributed by atoms with Crippen LogP contribution in [0.2, 0.25) is 0 Å². The Morgan fingerprint density at radius 1 is 1.00 bits per heavy atom. The third kappa shape index (κ3) is 3.07. The molecule has 0 aliphatic heterocycles. The SMILES string of the molecule is CCC(=O)c1ccc(Oc2ccc(C34CC5CC(CC(C5)C3)C4)cc2)nc1. The molecule has 1 aromatic heterocycles. The molecule has 2 aromatic rings. The van der Waals surface area contributed by atoms with Crippen LogP contribution in [-0.4, -0.2) is 10.8 Å². The highest BCUT2D eigenvalue weighted by molar-refractivity contribution is 5.95. The smallest absolute Gasteiger partial charge is 0.219 e. The lowest BCUT2D eigenvalue weighted by Crippen LogP contribution is -2.48. The van der Waals surface area contributed by atoms with E-state index in [0.717, 1.165) is 23.5 Å². The van der Waals surface area contributed by atoms with Gasteiger partial charge in [0.15, 0.2) is 5.78 Å². The number of pyridine rings is 1. The monoisotopic (exact) mass is 361 g/mol. The van der Waals surface area contributed by atoms with Crippen LogP contribution >= 0.6 is 0 Å². The molecule has 4 aliphatic rings. The number of benzene rings is 1. The van der Waals surface area contributed by atoms with Gasteiger partial charge in [-0.05, 0) is 85.5 Å². The van der Waals surface area contributed by atoms with Gasteiger partial charge in [0.25, 0.3) is 0 Å². The summed E-state index contributed by atoms with van der Waals surface area (Å²) in [5, 5.41) is 0. The van der Waals surface area contributed by atoms with Crippen molar-refractivity contribution < 1.29 is 9.53 Å². The van der Waals surface area contributed by atoms with Crippen LogP contribution in [-0.2, 0) is 5.41 Å². The Bertz CT molecular complexity index is 802. The molecule has 0 saturated heterocycles. The summed E-state index contributed by atoms with van der Waals surface area (Å²) in [5.74, 6) is 4.33. The van der Waals surface area contributed by atoms with Crippen molar-refractivity contribution in [3.63, 3.8) is 0 Å². The number of hydrogen-bond acceptors (Lipinski definition) is 3. The van der Waals surface area contributed by atoms with Crippen molar-refractivity contribution in [1.29, 1.82) is 0 Å². The summed E-state index contributed by atoms with van der Waals surface area (Å²) in [4.78, 5) is 16.0. The van der Waals surface area contributed by atoms with E-state index < -0.39 is 0 Å². The maximum absolute atomic E-state index is 11.7. The molecule has 0 N–H and O–H groups in total. The number of Topliss-reactive ketones (excluding diaryl/α,β-unsaturated/α-hetero) is 1. The fourth-order valence-corrected chi connectivity index (χ4v) is 6.27. The van der Waals surface area contributed by atoms with Gasteiger partial charge in [0.05, 0.1) is 0 Å². The second-order valence-corrected chi connectivity index (χ2v) is 8.99. The van der Waals surface area contributed by atoms with Crippen LogP contribution in [0, 0.1) is 17.8 Å². The standard InChI is InChI=1S/C24H27NO2/c1-2-22(26)19-3-8-23(25-15-19)27-21-6-4-20(5-7-21)24-12-16-9-17(13-24)11-18(10-16)14-24/h3-8,15-18H,2,9-14H2,1H3. The Morgan fingerprint density at radius 3 is 2.15 bits per heavy atom. The van der Waals surface area contributed by atoms with Crippen LogP contribution in [0.3, 0.4) is 0 Å². The molecule has 0 spiro atoms. The Kier molecular flexibility index (Phi) is 4.07. The van der Waals surface area contributed by atoms with E-state index in [1.165, 1.54) is 44.1 Å². The van der Waals surface area contributed by atoms with Gasteiger partial charge < -0.3 is 4.74 Å². The quantitative estimate of drug-likeness (QED) is 0.619. The second-order valence-electron chi connectivity index (χ2n) is 8.99. The van der Waals surface area contributed by atoms with Crippen molar-refractivity contribution in [3.05, 3.63) is 53.7 Å². The lowest BCUT2D eigenvalue weighted by molar-refractivity contribution is -0.00520. The highest BCUT2D eigenvalue weighted by atomic mass is 16.5. The molecule has 140 valence electrons. The van der Waals surface area contributed by atoms with Crippen LogP contribution in [0.1, 0.15) is 67.8 Å². The third-order valence-corrected chi connectivity index (χ3v) is 7.11. The zero-order chi connectivity index (χ0) is 18.4. The van der Waals surface area contributed by atoms with Crippen molar-refractivity contribution in [2.45, 2.75) is 57.3 Å². The molecular weight excluding hydrogens is 334 g/mol. The summed E-state index contributed by atoms with van der Waals surface area (Å²) >= 11 is 0. The van der Waals surface area contributed by atoms with Crippen molar-refractivity contribution in [2.75, 3.05) is 0 Å². The molecule has 4 bridgehead atoms. The lowest BCUT2D eigenvalue weighted by Gasteiger charge is -2.57. The highest BCUT2D eigenvalue weighted by Crippen LogP contribution is 2.60. The molecule has 27 heavy (non-hydrogen) atoms. The topological polar surface area (TPSA) is 39.2 Å². The first-order chi connectivity index (χ1) is 13.1. The molecule has 4 fully saturated rings. The number of ketones is 1. The minimum absolute atomic E-state index is 0.106. The van der Waals surface area contributed by atoms with E-state index in [-0.39, 0.29) is 5.78 Å². The summed E-state index contributed by atoms with van der Waals surface area (Å²) in [6.07, 6.45) is 10.7. The maximum Gasteiger partial charge on any atom is 0.219 e. The molecule has 6 rings (SSSR count). The van der Waals surface area contributed by atoms with Gasteiger partial charge in [-0.25, -0.2) is 4.98 Å². The van der Waals surface area contributed by atoms with Gasteiger partial charge >= 0.3 is 0 Å². The fraction of sp³-hybridized carbons (Fsp3) is 0.500. The van der Waals surface area contributed by atoms with Gasteiger partial charge in [-0.15, -0.1) is 0 Å². The number of hydrogen-bond donors (Lipinski definition) is 0. The predicted octanol–water partition coefficient (Wildman–Crippen LogP) is 5.93. The van der Waals surface area contributed by atoms with Gasteiger partial charge in [0.2, 0.25) is 5.88 Å². The summed E-state index contributed by atoms with van der Waals surface area (Å²) < 4.78 is 5.90. The number of carbonyl (C=O) groups is 1. The normalized spacial score (nSPS) is 31.1. The average Bonchev–Trinajstić information content (AvgIpc) is 2.67. The van der Waals surface area contributed by atoms with Crippen molar-refractivity contribution in [2.24, 2.45) is 17.8 Å². The van der Waals surface area contributed by atoms with Crippen LogP contribution in [0.5, 0.6) is 11.6 Å². The fourth-order valence-electron chi connectivity index (χ4n) is 6.27. The minimum Gasteiger partial charge on any atom is -0.439 e. The number of ether oxygens (including phenoxy) is 1. The summed E-state index contributed by atoms with van der Waals surface area (Å²) in [6, 6.07) is 12.3. The van der Waals surface area contributed by atoms with E-state index >= 15 is 0 Å². The number of aromatic nitrogens is 1. The molecule has 4 aliphatic carbocycles. The largest absolute Gasteiger partial charge is 0.439 e. The predicted molar refractivity (Wildman–Crippen MR) is 105 cm³/mol. The molecular formula is C24H27NO2. The third-order valence-electron chi connectivity index (χ3n) is 7.11. The number of nitrogens with zero attached hydrogens (tertiary/aromatic N) is 1. The molecule has 1 heterocycles. The van der Waals surface area contributed by atoms with E-state index in [9.17, 15) is 4.79 Å². The molecule has 4 saturated carbocycles. The van der Waals surface area contributed by atoms with E-state index in [1.807, 2.05) is 6.92 Å². The first-order valence-corrected chi connectivity index (χ1v) is 10.4. The zero-order valence-corrected chi connectivity index (χ0v) is 16.0. The Hall–Kier alpha value is -2.16. The summed E-state index contributed by atoms with van der Waals surface area (Å²) in [5.41, 5.74) is 2.57. The molecule has 0 unspecified atom stereocenters. The van der Waals surface area contributed by atoms with E-state index in [0.29, 0.717) is 23.3 Å². The Balaban J connectivity index is 1.31. The zero-order valence-electron chi connectivity index (χ0n) is 16.0. The molecule has 3 heteroatoms. The van der Waals surface area contributed by atoms with E-state index in [2.05, 4.69) is 29.2 Å². The van der Waals surface area contributed by atoms with Crippen LogP contribution in [0.15, 0.2) is 42.6 Å². The minimum atomic E-state index is 0.106. The molecule has 0 amide bonds. The maximum atomic E-state index is 11.7. The Labute approximate surface area is 161 Å². The van der Waals surface area contributed by atoms with Gasteiger partial charge in [0, 0.05) is 24.2 Å². The van der Waals surface area contributed by atoms with Crippen molar-refractivity contribution >= 4 is 5.78 Å². The molecule has 1 aromatic carbocycles. The van der Waals surface area contributed by atoms with Crippen LogP contribution in [0.4, 0.5) is 0 Å². The van der Waals surface area contributed by atoms with Crippen LogP contribution < -0.4 is 4.74 Å². The highest BCUT2D eigenvalue weighted by Gasteiger charge is 2.51. The van der Waals surface area contributed by atoms with Gasteiger partial charge in [-0.1, -0.05) is 19.1 Å². The van der Waals surface area contributed by atoms with Crippen molar-refractivity contribution in [1.82, 2.24) is 4.98 Å². The second kappa shape index (κ2) is 6.47. The number of carbonyl (C=O) groups excluding carboxylic acids is 1. The lowest BCUT2D eigenvalue weighted by atomic mass is 9.48. The molecule has 0 radical (unpaired) electrons. The molecule has 0 atom stereocenters.